The van der Waals surface area contributed by atoms with E-state index in [0.29, 0.717) is 18.0 Å². The number of hydrogen-bond donors (Lipinski definition) is 1. The van der Waals surface area contributed by atoms with Gasteiger partial charge >= 0.3 is 0 Å². The number of nitrogens with zero attached hydrogens (tertiary/aromatic N) is 2. The van der Waals surface area contributed by atoms with Crippen molar-refractivity contribution in [3.8, 4) is 11.5 Å². The van der Waals surface area contributed by atoms with Crippen molar-refractivity contribution in [2.24, 2.45) is 0 Å². The molecule has 2 heterocycles. The van der Waals surface area contributed by atoms with Crippen LogP contribution in [0.15, 0.2) is 24.4 Å². The third kappa shape index (κ3) is 2.14. The van der Waals surface area contributed by atoms with Crippen LogP contribution in [0.4, 0.5) is 5.69 Å². The number of aliphatic hydroxyl groups is 1. The van der Waals surface area contributed by atoms with Gasteiger partial charge in [0.2, 0.25) is 0 Å². The fourth-order valence-electron chi connectivity index (χ4n) is 2.69. The zero-order valence-electron chi connectivity index (χ0n) is 11.7. The zero-order valence-corrected chi connectivity index (χ0v) is 11.7. The molecule has 0 amide bonds. The second kappa shape index (κ2) is 5.17. The predicted octanol–water partition coefficient (Wildman–Crippen LogP) is 1.82. The van der Waals surface area contributed by atoms with Gasteiger partial charge in [0.25, 0.3) is 0 Å². The number of pyridine rings is 1. The fraction of sp³-hybridized carbons (Fsp3) is 0.400. The van der Waals surface area contributed by atoms with Crippen LogP contribution in [0.1, 0.15) is 6.42 Å². The molecule has 5 heteroatoms. The Balaban J connectivity index is 2.13. The zero-order chi connectivity index (χ0) is 14.1. The molecule has 0 unspecified atom stereocenters. The molecule has 1 saturated heterocycles. The van der Waals surface area contributed by atoms with E-state index < -0.39 is 0 Å². The van der Waals surface area contributed by atoms with E-state index in [9.17, 15) is 5.11 Å². The summed E-state index contributed by atoms with van der Waals surface area (Å²) in [4.78, 5) is 6.57. The highest BCUT2D eigenvalue weighted by Gasteiger charge is 2.22. The van der Waals surface area contributed by atoms with E-state index in [4.69, 9.17) is 9.47 Å². The second-order valence-corrected chi connectivity index (χ2v) is 4.94. The van der Waals surface area contributed by atoms with Crippen LogP contribution in [-0.2, 0) is 0 Å². The number of hydrogen-bond acceptors (Lipinski definition) is 5. The van der Waals surface area contributed by atoms with Gasteiger partial charge in [0, 0.05) is 36.4 Å². The average molecular weight is 274 g/mol. The summed E-state index contributed by atoms with van der Waals surface area (Å²) in [5, 5.41) is 10.7. The summed E-state index contributed by atoms with van der Waals surface area (Å²) in [6.45, 7) is 1.52. The molecule has 1 aliphatic heterocycles. The van der Waals surface area contributed by atoms with Crippen molar-refractivity contribution in [1.82, 2.24) is 4.98 Å². The smallest absolute Gasteiger partial charge is 0.162 e. The quantitative estimate of drug-likeness (QED) is 0.925. The lowest BCUT2D eigenvalue weighted by molar-refractivity contribution is 0.198. The van der Waals surface area contributed by atoms with E-state index in [2.05, 4.69) is 9.88 Å². The number of methoxy groups -OCH3 is 2. The summed E-state index contributed by atoms with van der Waals surface area (Å²) in [7, 11) is 3.24. The van der Waals surface area contributed by atoms with E-state index in [1.54, 1.807) is 20.4 Å². The van der Waals surface area contributed by atoms with Gasteiger partial charge in [-0.25, -0.2) is 0 Å². The maximum Gasteiger partial charge on any atom is 0.162 e. The molecule has 0 spiro atoms. The Kier molecular flexibility index (Phi) is 3.36. The molecule has 0 aliphatic carbocycles. The normalized spacial score (nSPS) is 18.6. The minimum atomic E-state index is -0.252. The van der Waals surface area contributed by atoms with Gasteiger partial charge in [-0.3, -0.25) is 4.98 Å². The molecule has 2 aromatic rings. The first-order chi connectivity index (χ1) is 9.72. The summed E-state index contributed by atoms with van der Waals surface area (Å²) < 4.78 is 10.7. The Morgan fingerprint density at radius 3 is 2.65 bits per heavy atom. The van der Waals surface area contributed by atoms with E-state index in [0.717, 1.165) is 29.6 Å². The highest BCUT2D eigenvalue weighted by molar-refractivity contribution is 5.94. The molecule has 1 aromatic heterocycles. The van der Waals surface area contributed by atoms with Gasteiger partial charge in [-0.05, 0) is 18.6 Å². The molecule has 20 heavy (non-hydrogen) atoms. The van der Waals surface area contributed by atoms with Crippen LogP contribution >= 0.6 is 0 Å². The number of benzene rings is 1. The minimum Gasteiger partial charge on any atom is -0.493 e. The Morgan fingerprint density at radius 1 is 1.25 bits per heavy atom. The van der Waals surface area contributed by atoms with Gasteiger partial charge in [0.05, 0.1) is 25.8 Å². The SMILES string of the molecule is COc1cc2nccc(N3CC[C@@H](O)C3)c2cc1OC. The van der Waals surface area contributed by atoms with Crippen molar-refractivity contribution < 1.29 is 14.6 Å². The number of aromatic nitrogens is 1. The van der Waals surface area contributed by atoms with Gasteiger partial charge < -0.3 is 19.5 Å². The standard InChI is InChI=1S/C15H18N2O3/c1-19-14-7-11-12(8-15(14)20-2)16-5-3-13(11)17-6-4-10(18)9-17/h3,5,7-8,10,18H,4,6,9H2,1-2H3/t10-/m1/s1. The van der Waals surface area contributed by atoms with Crippen molar-refractivity contribution in [2.75, 3.05) is 32.2 Å². The van der Waals surface area contributed by atoms with Gasteiger partial charge in [-0.2, -0.15) is 0 Å². The Labute approximate surface area is 117 Å². The summed E-state index contributed by atoms with van der Waals surface area (Å²) >= 11 is 0. The maximum absolute atomic E-state index is 9.71. The molecular weight excluding hydrogens is 256 g/mol. The molecule has 106 valence electrons. The van der Waals surface area contributed by atoms with Gasteiger partial charge in [0.15, 0.2) is 11.5 Å². The lowest BCUT2D eigenvalue weighted by Crippen LogP contribution is -2.21. The van der Waals surface area contributed by atoms with Gasteiger partial charge in [-0.1, -0.05) is 0 Å². The lowest BCUT2D eigenvalue weighted by atomic mass is 10.1. The Bertz CT molecular complexity index is 630. The van der Waals surface area contributed by atoms with Crippen molar-refractivity contribution >= 4 is 16.6 Å². The van der Waals surface area contributed by atoms with Crippen LogP contribution in [-0.4, -0.2) is 43.5 Å². The van der Waals surface area contributed by atoms with E-state index in [1.807, 2.05) is 18.2 Å². The van der Waals surface area contributed by atoms with Crippen LogP contribution in [0.25, 0.3) is 10.9 Å². The third-order valence-electron chi connectivity index (χ3n) is 3.73. The Hall–Kier alpha value is -2.01. The van der Waals surface area contributed by atoms with Crippen LogP contribution in [0.5, 0.6) is 11.5 Å². The third-order valence-corrected chi connectivity index (χ3v) is 3.73. The van der Waals surface area contributed by atoms with E-state index in [1.165, 1.54) is 0 Å². The number of aliphatic hydroxyl groups excluding tert-OH is 1. The number of anilines is 1. The molecule has 5 nitrogen and oxygen atoms in total. The van der Waals surface area contributed by atoms with Crippen molar-refractivity contribution in [3.63, 3.8) is 0 Å². The number of ether oxygens (including phenoxy) is 2. The van der Waals surface area contributed by atoms with Crippen LogP contribution in [0.3, 0.4) is 0 Å². The monoisotopic (exact) mass is 274 g/mol. The van der Waals surface area contributed by atoms with Gasteiger partial charge in [-0.15, -0.1) is 0 Å². The molecule has 1 N–H and O–H groups in total. The fourth-order valence-corrected chi connectivity index (χ4v) is 2.69. The first-order valence-corrected chi connectivity index (χ1v) is 6.66. The molecule has 3 rings (SSSR count). The van der Waals surface area contributed by atoms with E-state index in [-0.39, 0.29) is 6.10 Å². The molecule has 0 saturated carbocycles. The molecule has 1 aromatic carbocycles. The Morgan fingerprint density at radius 2 is 2.00 bits per heavy atom. The molecule has 1 fully saturated rings. The van der Waals surface area contributed by atoms with Crippen molar-refractivity contribution in [3.05, 3.63) is 24.4 Å². The minimum absolute atomic E-state index is 0.252. The summed E-state index contributed by atoms with van der Waals surface area (Å²) in [5.74, 6) is 1.36. The first-order valence-electron chi connectivity index (χ1n) is 6.66. The summed E-state index contributed by atoms with van der Waals surface area (Å²) in [5.41, 5.74) is 1.94. The number of β-amino-alcohol motifs (C(OH)–C–C–N with tert-alkyl or cyclic N) is 1. The highest BCUT2D eigenvalue weighted by atomic mass is 16.5. The molecule has 0 bridgehead atoms. The highest BCUT2D eigenvalue weighted by Crippen LogP contribution is 2.36. The first kappa shape index (κ1) is 13.0. The topological polar surface area (TPSA) is 54.8 Å². The van der Waals surface area contributed by atoms with Crippen molar-refractivity contribution in [2.45, 2.75) is 12.5 Å². The van der Waals surface area contributed by atoms with Crippen LogP contribution in [0.2, 0.25) is 0 Å². The number of fused-ring (bicyclic) bond motifs is 1. The molecular formula is C15H18N2O3. The number of rotatable bonds is 3. The van der Waals surface area contributed by atoms with Crippen LogP contribution in [0, 0.1) is 0 Å². The summed E-state index contributed by atoms with van der Waals surface area (Å²) in [6.07, 6.45) is 2.34. The largest absolute Gasteiger partial charge is 0.493 e. The average Bonchev–Trinajstić information content (AvgIpc) is 2.91. The van der Waals surface area contributed by atoms with Crippen molar-refractivity contribution in [1.29, 1.82) is 0 Å². The summed E-state index contributed by atoms with van der Waals surface area (Å²) in [6, 6.07) is 5.80. The predicted molar refractivity (Wildman–Crippen MR) is 77.7 cm³/mol. The molecule has 1 aliphatic rings. The maximum atomic E-state index is 9.71. The molecule has 0 radical (unpaired) electrons. The molecule has 1 atom stereocenters. The van der Waals surface area contributed by atoms with Crippen LogP contribution < -0.4 is 14.4 Å². The lowest BCUT2D eigenvalue weighted by Gasteiger charge is -2.20. The van der Waals surface area contributed by atoms with Gasteiger partial charge in [0.1, 0.15) is 0 Å². The second-order valence-electron chi connectivity index (χ2n) is 4.94. The van der Waals surface area contributed by atoms with E-state index >= 15 is 0 Å².